The molecule has 0 spiro atoms. The van der Waals surface area contributed by atoms with E-state index in [1.54, 1.807) is 0 Å². The van der Waals surface area contributed by atoms with Crippen LogP contribution < -0.4 is 5.73 Å². The second-order valence-electron chi connectivity index (χ2n) is 4.23. The first kappa shape index (κ1) is 15.0. The second kappa shape index (κ2) is 5.54. The molecule has 0 saturated heterocycles. The fraction of sp³-hybridized carbons (Fsp3) is 0.364. The molecule has 0 unspecified atom stereocenters. The van der Waals surface area contributed by atoms with E-state index in [-0.39, 0.29) is 17.1 Å². The quantitative estimate of drug-likeness (QED) is 0.852. The number of amides is 1. The zero-order valence-electron chi connectivity index (χ0n) is 10.8. The van der Waals surface area contributed by atoms with E-state index in [2.05, 4.69) is 10.1 Å². The standard InChI is InChI=1S/C11H11F4N5O/c1-19-6(2-17-11(19)10(16)21)5-3-20(4-7(12)13)18-8(5)9(14)15/h2-3,7,9H,4H2,1H3,(H2,16,21). The van der Waals surface area contributed by atoms with Crippen LogP contribution in [0, 0.1) is 0 Å². The van der Waals surface area contributed by atoms with Crippen LogP contribution in [0.5, 0.6) is 0 Å². The van der Waals surface area contributed by atoms with Crippen LogP contribution in [0.3, 0.4) is 0 Å². The minimum atomic E-state index is -2.95. The summed E-state index contributed by atoms with van der Waals surface area (Å²) in [7, 11) is 1.40. The third-order valence-corrected chi connectivity index (χ3v) is 2.81. The summed E-state index contributed by atoms with van der Waals surface area (Å²) in [6, 6.07) is 0. The van der Waals surface area contributed by atoms with E-state index in [0.29, 0.717) is 0 Å². The Morgan fingerprint density at radius 2 is 2.05 bits per heavy atom. The monoisotopic (exact) mass is 305 g/mol. The van der Waals surface area contributed by atoms with E-state index in [1.807, 2.05) is 0 Å². The van der Waals surface area contributed by atoms with Gasteiger partial charge in [-0.1, -0.05) is 0 Å². The van der Waals surface area contributed by atoms with Crippen LogP contribution in [0.25, 0.3) is 11.3 Å². The van der Waals surface area contributed by atoms with Crippen molar-refractivity contribution in [2.75, 3.05) is 0 Å². The fourth-order valence-electron chi connectivity index (χ4n) is 1.92. The third kappa shape index (κ3) is 2.88. The minimum Gasteiger partial charge on any atom is -0.363 e. The molecule has 0 fully saturated rings. The Morgan fingerprint density at radius 3 is 2.52 bits per heavy atom. The van der Waals surface area contributed by atoms with Gasteiger partial charge in [-0.15, -0.1) is 0 Å². The summed E-state index contributed by atoms with van der Waals surface area (Å²) in [5.41, 5.74) is 4.49. The maximum Gasteiger partial charge on any atom is 0.284 e. The molecule has 0 saturated carbocycles. The number of rotatable bonds is 5. The van der Waals surface area contributed by atoms with Gasteiger partial charge in [0.15, 0.2) is 5.82 Å². The smallest absolute Gasteiger partial charge is 0.284 e. The summed E-state index contributed by atoms with van der Waals surface area (Å²) in [5.74, 6) is -0.964. The molecule has 0 radical (unpaired) electrons. The summed E-state index contributed by atoms with van der Waals surface area (Å²) in [4.78, 5) is 14.8. The van der Waals surface area contributed by atoms with Gasteiger partial charge >= 0.3 is 0 Å². The molecule has 2 heterocycles. The highest BCUT2D eigenvalue weighted by atomic mass is 19.3. The fourth-order valence-corrected chi connectivity index (χ4v) is 1.92. The van der Waals surface area contributed by atoms with Crippen LogP contribution in [0.15, 0.2) is 12.4 Å². The first-order valence-corrected chi connectivity index (χ1v) is 5.76. The second-order valence-corrected chi connectivity index (χ2v) is 4.23. The Hall–Kier alpha value is -2.39. The number of imidazole rings is 1. The maximum atomic E-state index is 13.0. The lowest BCUT2D eigenvalue weighted by Crippen LogP contribution is -2.16. The Balaban J connectivity index is 2.52. The normalized spacial score (nSPS) is 11.6. The Kier molecular flexibility index (Phi) is 3.96. The van der Waals surface area contributed by atoms with Gasteiger partial charge in [-0.3, -0.25) is 9.48 Å². The lowest BCUT2D eigenvalue weighted by Gasteiger charge is -2.03. The van der Waals surface area contributed by atoms with Crippen LogP contribution in [0.4, 0.5) is 17.6 Å². The average molecular weight is 305 g/mol. The van der Waals surface area contributed by atoms with Crippen molar-refractivity contribution in [1.29, 1.82) is 0 Å². The Bertz CT molecular complexity index is 664. The zero-order chi connectivity index (χ0) is 15.7. The van der Waals surface area contributed by atoms with Crippen molar-refractivity contribution in [2.45, 2.75) is 19.4 Å². The van der Waals surface area contributed by atoms with Gasteiger partial charge in [0.2, 0.25) is 0 Å². The number of carbonyl (C=O) groups is 1. The molecule has 0 aliphatic heterocycles. The van der Waals surface area contributed by atoms with Gasteiger partial charge in [-0.2, -0.15) is 5.10 Å². The molecular formula is C11H11F4N5O. The summed E-state index contributed by atoms with van der Waals surface area (Å²) in [6.45, 7) is -0.805. The first-order chi connectivity index (χ1) is 9.81. The number of halogens is 4. The number of aromatic nitrogens is 4. The molecule has 114 valence electrons. The highest BCUT2D eigenvalue weighted by Gasteiger charge is 2.24. The summed E-state index contributed by atoms with van der Waals surface area (Å²) in [6.07, 6.45) is -3.45. The third-order valence-electron chi connectivity index (χ3n) is 2.81. The summed E-state index contributed by atoms with van der Waals surface area (Å²) >= 11 is 0. The molecule has 10 heteroatoms. The van der Waals surface area contributed by atoms with Gasteiger partial charge in [0.1, 0.15) is 12.2 Å². The molecule has 0 atom stereocenters. The molecule has 0 bridgehead atoms. The van der Waals surface area contributed by atoms with E-state index in [0.717, 1.165) is 17.1 Å². The minimum absolute atomic E-state index is 0.0758. The van der Waals surface area contributed by atoms with Crippen molar-refractivity contribution in [3.63, 3.8) is 0 Å². The van der Waals surface area contributed by atoms with Gasteiger partial charge in [0, 0.05) is 18.8 Å². The van der Waals surface area contributed by atoms with Crippen LogP contribution in [-0.4, -0.2) is 31.7 Å². The number of hydrogen-bond acceptors (Lipinski definition) is 3. The summed E-state index contributed by atoms with van der Waals surface area (Å²) in [5, 5.41) is 3.45. The Morgan fingerprint density at radius 1 is 1.38 bits per heavy atom. The lowest BCUT2D eigenvalue weighted by atomic mass is 10.2. The summed E-state index contributed by atoms with van der Waals surface area (Å²) < 4.78 is 52.5. The number of nitrogens with two attached hydrogens (primary N) is 1. The van der Waals surface area contributed by atoms with Crippen molar-refractivity contribution >= 4 is 5.91 Å². The molecule has 2 N–H and O–H groups in total. The van der Waals surface area contributed by atoms with Gasteiger partial charge < -0.3 is 10.3 Å². The van der Waals surface area contributed by atoms with E-state index in [4.69, 9.17) is 5.73 Å². The van der Waals surface area contributed by atoms with Crippen molar-refractivity contribution in [3.8, 4) is 11.3 Å². The predicted octanol–water partition coefficient (Wildman–Crippen LogP) is 1.59. The molecule has 21 heavy (non-hydrogen) atoms. The van der Waals surface area contributed by atoms with Gasteiger partial charge in [0.05, 0.1) is 11.9 Å². The van der Waals surface area contributed by atoms with Gasteiger partial charge in [0.25, 0.3) is 18.8 Å². The van der Waals surface area contributed by atoms with E-state index >= 15 is 0 Å². The number of hydrogen-bond donors (Lipinski definition) is 1. The van der Waals surface area contributed by atoms with Gasteiger partial charge in [-0.25, -0.2) is 22.5 Å². The van der Waals surface area contributed by atoms with Crippen LogP contribution in [0.1, 0.15) is 22.7 Å². The largest absolute Gasteiger partial charge is 0.363 e. The zero-order valence-corrected chi connectivity index (χ0v) is 10.8. The topological polar surface area (TPSA) is 78.7 Å². The van der Waals surface area contributed by atoms with Crippen LogP contribution >= 0.6 is 0 Å². The Labute approximate surface area is 116 Å². The van der Waals surface area contributed by atoms with Crippen LogP contribution in [-0.2, 0) is 13.6 Å². The highest BCUT2D eigenvalue weighted by molar-refractivity contribution is 5.90. The number of nitrogens with zero attached hydrogens (tertiary/aromatic N) is 4. The van der Waals surface area contributed by atoms with Crippen molar-refractivity contribution in [2.24, 2.45) is 12.8 Å². The number of primary amides is 1. The molecule has 0 aromatic carbocycles. The number of alkyl halides is 4. The highest BCUT2D eigenvalue weighted by Crippen LogP contribution is 2.30. The van der Waals surface area contributed by atoms with E-state index < -0.39 is 31.0 Å². The average Bonchev–Trinajstić information content (AvgIpc) is 2.91. The lowest BCUT2D eigenvalue weighted by molar-refractivity contribution is 0.0987. The number of carbonyl (C=O) groups excluding carboxylic acids is 1. The molecule has 6 nitrogen and oxygen atoms in total. The van der Waals surface area contributed by atoms with E-state index in [1.165, 1.54) is 11.6 Å². The molecule has 1 amide bonds. The SMILES string of the molecule is Cn1c(-c2cn(CC(F)F)nc2C(F)F)cnc1C(N)=O. The van der Waals surface area contributed by atoms with E-state index in [9.17, 15) is 22.4 Å². The molecule has 2 aromatic rings. The van der Waals surface area contributed by atoms with Crippen LogP contribution in [0.2, 0.25) is 0 Å². The van der Waals surface area contributed by atoms with Crippen molar-refractivity contribution in [1.82, 2.24) is 19.3 Å². The first-order valence-electron chi connectivity index (χ1n) is 5.76. The molecule has 2 aromatic heterocycles. The molecule has 2 rings (SSSR count). The van der Waals surface area contributed by atoms with Gasteiger partial charge in [-0.05, 0) is 0 Å². The predicted molar refractivity (Wildman–Crippen MR) is 63.9 cm³/mol. The van der Waals surface area contributed by atoms with Crippen molar-refractivity contribution < 1.29 is 22.4 Å². The molecule has 0 aliphatic rings. The van der Waals surface area contributed by atoms with Crippen molar-refractivity contribution in [3.05, 3.63) is 23.9 Å². The molecule has 0 aliphatic carbocycles. The molecular weight excluding hydrogens is 294 g/mol. The maximum absolute atomic E-state index is 13.0.